The van der Waals surface area contributed by atoms with Crippen LogP contribution in [-0.4, -0.2) is 41.4 Å². The molecule has 3 aromatic carbocycles. The molecule has 1 saturated heterocycles. The first-order chi connectivity index (χ1) is 19.7. The first-order valence-corrected chi connectivity index (χ1v) is 14.1. The second-order valence-electron chi connectivity index (χ2n) is 9.52. The number of hydrogen-bond acceptors (Lipinski definition) is 5. The fraction of sp³-hybridized carbons (Fsp3) is 0.233. The maximum absolute atomic E-state index is 13.2. The summed E-state index contributed by atoms with van der Waals surface area (Å²) < 4.78 is 45.3. The Bertz CT molecular complexity index is 1550. The molecule has 4 aromatic rings. The lowest BCUT2D eigenvalue weighted by atomic mass is 9.97. The van der Waals surface area contributed by atoms with Gasteiger partial charge in [-0.05, 0) is 48.7 Å². The number of anilines is 1. The summed E-state index contributed by atoms with van der Waals surface area (Å²) in [6, 6.07) is 18.7. The molecule has 2 heterocycles. The molecule has 1 aliphatic rings. The molecule has 6 nitrogen and oxygen atoms in total. The molecule has 1 aliphatic heterocycles. The summed E-state index contributed by atoms with van der Waals surface area (Å²) in [6.07, 6.45) is -3.07. The summed E-state index contributed by atoms with van der Waals surface area (Å²) in [5.41, 5.74) is 0.667. The number of nitrogens with zero attached hydrogens (tertiary/aromatic N) is 2. The van der Waals surface area contributed by atoms with Crippen LogP contribution in [0.3, 0.4) is 0 Å². The molecular formula is C30H25ClF3N3O3S. The topological polar surface area (TPSA) is 71.5 Å². The lowest BCUT2D eigenvalue weighted by Gasteiger charge is -2.31. The standard InChI is InChI=1S/C30H25ClF3N3O3S/c31-23-9-2-4-11-26(23)40-17-27(38)37-14-12-19(13-15-37)29-36-25(18-41-29)28(39)35-24-10-3-1-8-22(24)20-6-5-7-21(16-20)30(32,33)34/h1-11,16,18-19H,12-15,17H2,(H,35,39). The highest BCUT2D eigenvalue weighted by Gasteiger charge is 2.31. The number of nitrogens with one attached hydrogen (secondary N) is 1. The second-order valence-corrected chi connectivity index (χ2v) is 10.8. The second kappa shape index (κ2) is 12.3. The molecule has 1 N–H and O–H groups in total. The van der Waals surface area contributed by atoms with Gasteiger partial charge < -0.3 is 15.0 Å². The van der Waals surface area contributed by atoms with Crippen molar-refractivity contribution in [1.29, 1.82) is 0 Å². The van der Waals surface area contributed by atoms with E-state index in [2.05, 4.69) is 10.3 Å². The van der Waals surface area contributed by atoms with Crippen LogP contribution in [0.2, 0.25) is 5.02 Å². The minimum atomic E-state index is -4.47. The van der Waals surface area contributed by atoms with Gasteiger partial charge in [-0.1, -0.05) is 54.1 Å². The number of benzene rings is 3. The Morgan fingerprint density at radius 1 is 1.02 bits per heavy atom. The molecule has 1 aromatic heterocycles. The van der Waals surface area contributed by atoms with Gasteiger partial charge in [-0.2, -0.15) is 13.2 Å². The molecular weight excluding hydrogens is 575 g/mol. The first-order valence-electron chi connectivity index (χ1n) is 12.9. The van der Waals surface area contributed by atoms with E-state index in [4.69, 9.17) is 16.3 Å². The molecule has 2 amide bonds. The summed E-state index contributed by atoms with van der Waals surface area (Å²) in [7, 11) is 0. The van der Waals surface area contributed by atoms with Crippen LogP contribution < -0.4 is 10.1 Å². The van der Waals surface area contributed by atoms with E-state index in [-0.39, 0.29) is 24.1 Å². The third-order valence-electron chi connectivity index (χ3n) is 6.82. The number of amides is 2. The van der Waals surface area contributed by atoms with Crippen molar-refractivity contribution >= 4 is 40.4 Å². The minimum Gasteiger partial charge on any atom is -0.482 e. The van der Waals surface area contributed by atoms with Gasteiger partial charge >= 0.3 is 6.18 Å². The summed E-state index contributed by atoms with van der Waals surface area (Å²) >= 11 is 7.46. The van der Waals surface area contributed by atoms with E-state index < -0.39 is 17.6 Å². The van der Waals surface area contributed by atoms with Crippen LogP contribution in [-0.2, 0) is 11.0 Å². The van der Waals surface area contributed by atoms with Gasteiger partial charge in [-0.3, -0.25) is 9.59 Å². The normalized spacial score (nSPS) is 14.1. The zero-order valence-corrected chi connectivity index (χ0v) is 23.2. The van der Waals surface area contributed by atoms with E-state index in [0.29, 0.717) is 53.5 Å². The number of thiazole rings is 1. The van der Waals surface area contributed by atoms with Crippen LogP contribution in [0.4, 0.5) is 18.9 Å². The van der Waals surface area contributed by atoms with Gasteiger partial charge in [0.2, 0.25) is 0 Å². The van der Waals surface area contributed by atoms with Gasteiger partial charge in [0.1, 0.15) is 11.4 Å². The molecule has 11 heteroatoms. The third kappa shape index (κ3) is 6.89. The number of alkyl halides is 3. The zero-order chi connectivity index (χ0) is 29.0. The Kier molecular flexibility index (Phi) is 8.60. The van der Waals surface area contributed by atoms with Crippen molar-refractivity contribution in [2.24, 2.45) is 0 Å². The van der Waals surface area contributed by atoms with Crippen molar-refractivity contribution in [3.05, 3.63) is 99.5 Å². The quantitative estimate of drug-likeness (QED) is 0.238. The summed E-state index contributed by atoms with van der Waals surface area (Å²) in [4.78, 5) is 32.0. The minimum absolute atomic E-state index is 0.0993. The van der Waals surface area contributed by atoms with E-state index in [1.807, 2.05) is 0 Å². The number of carbonyl (C=O) groups excluding carboxylic acids is 2. The highest BCUT2D eigenvalue weighted by molar-refractivity contribution is 7.10. The molecule has 41 heavy (non-hydrogen) atoms. The van der Waals surface area contributed by atoms with Crippen molar-refractivity contribution in [3.63, 3.8) is 0 Å². The van der Waals surface area contributed by atoms with Crippen LogP contribution in [0, 0.1) is 0 Å². The van der Waals surface area contributed by atoms with E-state index in [9.17, 15) is 22.8 Å². The number of para-hydroxylation sites is 2. The molecule has 5 rings (SSSR count). The summed E-state index contributed by atoms with van der Waals surface area (Å²) in [6.45, 7) is 0.986. The molecule has 0 atom stereocenters. The van der Waals surface area contributed by atoms with E-state index in [1.165, 1.54) is 17.4 Å². The molecule has 0 bridgehead atoms. The van der Waals surface area contributed by atoms with Gasteiger partial charge in [0, 0.05) is 35.6 Å². The maximum Gasteiger partial charge on any atom is 0.416 e. The number of carbonyl (C=O) groups is 2. The average molecular weight is 600 g/mol. The Morgan fingerprint density at radius 3 is 2.51 bits per heavy atom. The molecule has 0 aliphatic carbocycles. The number of piperidine rings is 1. The van der Waals surface area contributed by atoms with E-state index >= 15 is 0 Å². The molecule has 1 fully saturated rings. The molecule has 212 valence electrons. The van der Waals surface area contributed by atoms with Crippen molar-refractivity contribution in [2.75, 3.05) is 25.0 Å². The number of aromatic nitrogens is 1. The van der Waals surface area contributed by atoms with E-state index in [1.54, 1.807) is 64.9 Å². The van der Waals surface area contributed by atoms with Gasteiger partial charge in [0.15, 0.2) is 6.61 Å². The van der Waals surface area contributed by atoms with Gasteiger partial charge in [-0.25, -0.2) is 4.98 Å². The molecule has 0 unspecified atom stereocenters. The molecule has 0 radical (unpaired) electrons. The number of ether oxygens (including phenoxy) is 1. The Morgan fingerprint density at radius 2 is 1.76 bits per heavy atom. The van der Waals surface area contributed by atoms with Crippen molar-refractivity contribution < 1.29 is 27.5 Å². The number of likely N-dealkylation sites (tertiary alicyclic amines) is 1. The molecule has 0 spiro atoms. The molecule has 0 saturated carbocycles. The Labute approximate surface area is 243 Å². The Hall–Kier alpha value is -3.89. The predicted octanol–water partition coefficient (Wildman–Crippen LogP) is 7.52. The highest BCUT2D eigenvalue weighted by atomic mass is 35.5. The van der Waals surface area contributed by atoms with Gasteiger partial charge in [-0.15, -0.1) is 11.3 Å². The van der Waals surface area contributed by atoms with Crippen molar-refractivity contribution in [2.45, 2.75) is 24.9 Å². The number of hydrogen-bond donors (Lipinski definition) is 1. The SMILES string of the molecule is O=C(Nc1ccccc1-c1cccc(C(F)(F)F)c1)c1csc(C2CCN(C(=O)COc3ccccc3Cl)CC2)n1. The van der Waals surface area contributed by atoms with Crippen LogP contribution in [0.25, 0.3) is 11.1 Å². The van der Waals surface area contributed by atoms with Crippen molar-refractivity contribution in [1.82, 2.24) is 9.88 Å². The highest BCUT2D eigenvalue weighted by Crippen LogP contribution is 2.35. The number of rotatable bonds is 7. The fourth-order valence-electron chi connectivity index (χ4n) is 4.64. The van der Waals surface area contributed by atoms with E-state index in [0.717, 1.165) is 17.1 Å². The number of halogens is 4. The lowest BCUT2D eigenvalue weighted by Crippen LogP contribution is -2.40. The van der Waals surface area contributed by atoms with Gasteiger partial charge in [0.05, 0.1) is 15.6 Å². The van der Waals surface area contributed by atoms with Crippen molar-refractivity contribution in [3.8, 4) is 16.9 Å². The average Bonchev–Trinajstić information content (AvgIpc) is 3.47. The maximum atomic E-state index is 13.2. The predicted molar refractivity (Wildman–Crippen MR) is 152 cm³/mol. The zero-order valence-electron chi connectivity index (χ0n) is 21.7. The fourth-order valence-corrected chi connectivity index (χ4v) is 5.80. The Balaban J connectivity index is 1.19. The van der Waals surface area contributed by atoms with Crippen LogP contribution >= 0.6 is 22.9 Å². The van der Waals surface area contributed by atoms with Crippen LogP contribution in [0.1, 0.15) is 39.8 Å². The third-order valence-corrected chi connectivity index (χ3v) is 8.13. The lowest BCUT2D eigenvalue weighted by molar-refractivity contribution is -0.137. The van der Waals surface area contributed by atoms with Crippen LogP contribution in [0.15, 0.2) is 78.2 Å². The summed E-state index contributed by atoms with van der Waals surface area (Å²) in [5, 5.41) is 5.73. The largest absolute Gasteiger partial charge is 0.482 e. The first kappa shape index (κ1) is 28.6. The van der Waals surface area contributed by atoms with Crippen LogP contribution in [0.5, 0.6) is 5.75 Å². The smallest absolute Gasteiger partial charge is 0.416 e. The summed E-state index contributed by atoms with van der Waals surface area (Å²) in [5.74, 6) is -0.00537. The monoisotopic (exact) mass is 599 g/mol. The van der Waals surface area contributed by atoms with Gasteiger partial charge in [0.25, 0.3) is 11.8 Å².